The van der Waals surface area contributed by atoms with E-state index in [0.717, 1.165) is 12.8 Å². The van der Waals surface area contributed by atoms with Gasteiger partial charge < -0.3 is 15.2 Å². The lowest BCUT2D eigenvalue weighted by atomic mass is 9.96. The van der Waals surface area contributed by atoms with Crippen LogP contribution in [0.1, 0.15) is 48.9 Å². The van der Waals surface area contributed by atoms with Crippen molar-refractivity contribution < 1.29 is 19.4 Å². The molecule has 0 aromatic carbocycles. The molecule has 22 heavy (non-hydrogen) atoms. The van der Waals surface area contributed by atoms with E-state index in [9.17, 15) is 9.59 Å². The minimum Gasteiger partial charge on any atom is -0.481 e. The number of carboxylic acid groups (broad SMARTS) is 1. The normalized spacial score (nSPS) is 24.5. The van der Waals surface area contributed by atoms with Crippen LogP contribution in [-0.2, 0) is 4.79 Å². The molecule has 0 spiro atoms. The highest BCUT2D eigenvalue weighted by Crippen LogP contribution is 2.26. The number of carboxylic acids is 1. The molecule has 0 aliphatic heterocycles. The van der Waals surface area contributed by atoms with Crippen LogP contribution in [0.5, 0.6) is 5.88 Å². The van der Waals surface area contributed by atoms with Crippen LogP contribution in [-0.4, -0.2) is 34.1 Å². The Morgan fingerprint density at radius 2 is 2.09 bits per heavy atom. The second-order valence-corrected chi connectivity index (χ2v) is 6.07. The first-order valence-corrected chi connectivity index (χ1v) is 7.78. The third-order valence-corrected chi connectivity index (χ3v) is 4.45. The highest BCUT2D eigenvalue weighted by atomic mass is 16.5. The lowest BCUT2D eigenvalue weighted by Crippen LogP contribution is -2.33. The lowest BCUT2D eigenvalue weighted by molar-refractivity contribution is -0.141. The summed E-state index contributed by atoms with van der Waals surface area (Å²) in [6, 6.07) is 3.22. The van der Waals surface area contributed by atoms with E-state index < -0.39 is 5.97 Å². The average molecular weight is 304 g/mol. The molecule has 1 heterocycles. The highest BCUT2D eigenvalue weighted by Gasteiger charge is 2.30. The Balaban J connectivity index is 1.57. The molecule has 1 amide bonds. The number of aromatic nitrogens is 1. The van der Waals surface area contributed by atoms with Crippen LogP contribution in [0, 0.1) is 5.92 Å². The van der Waals surface area contributed by atoms with Gasteiger partial charge >= 0.3 is 5.97 Å². The van der Waals surface area contributed by atoms with E-state index in [1.54, 1.807) is 18.3 Å². The van der Waals surface area contributed by atoms with Crippen molar-refractivity contribution in [1.82, 2.24) is 10.3 Å². The molecular formula is C16H20N2O4. The summed E-state index contributed by atoms with van der Waals surface area (Å²) < 4.78 is 5.69. The number of pyridine rings is 1. The second kappa shape index (κ2) is 6.34. The Bertz CT molecular complexity index is 571. The molecule has 6 nitrogen and oxygen atoms in total. The van der Waals surface area contributed by atoms with Crippen molar-refractivity contribution in [2.24, 2.45) is 5.92 Å². The Hall–Kier alpha value is -2.11. The number of nitrogens with one attached hydrogen (secondary N) is 1. The zero-order valence-electron chi connectivity index (χ0n) is 12.3. The molecule has 6 heteroatoms. The molecule has 2 aliphatic rings. The fourth-order valence-corrected chi connectivity index (χ4v) is 2.88. The van der Waals surface area contributed by atoms with Gasteiger partial charge in [0.2, 0.25) is 5.88 Å². The molecule has 2 saturated carbocycles. The number of amides is 1. The van der Waals surface area contributed by atoms with Crippen LogP contribution < -0.4 is 10.1 Å². The van der Waals surface area contributed by atoms with Gasteiger partial charge in [-0.25, -0.2) is 4.98 Å². The Morgan fingerprint density at radius 1 is 1.27 bits per heavy atom. The summed E-state index contributed by atoms with van der Waals surface area (Å²) in [6.45, 7) is 0. The molecule has 0 bridgehead atoms. The van der Waals surface area contributed by atoms with Crippen LogP contribution in [0.4, 0.5) is 0 Å². The van der Waals surface area contributed by atoms with E-state index in [0.29, 0.717) is 30.7 Å². The maximum Gasteiger partial charge on any atom is 0.306 e. The maximum atomic E-state index is 12.3. The Kier molecular flexibility index (Phi) is 4.27. The van der Waals surface area contributed by atoms with Crippen LogP contribution in [0.25, 0.3) is 0 Å². The van der Waals surface area contributed by atoms with E-state index in [-0.39, 0.29) is 24.0 Å². The lowest BCUT2D eigenvalue weighted by Gasteiger charge is -2.25. The minimum atomic E-state index is -0.781. The molecule has 3 rings (SSSR count). The topological polar surface area (TPSA) is 88.5 Å². The van der Waals surface area contributed by atoms with Crippen LogP contribution in [0.3, 0.4) is 0 Å². The molecular weight excluding hydrogens is 284 g/mol. The largest absolute Gasteiger partial charge is 0.481 e. The standard InChI is InChI=1S/C16H20N2O4/c19-15(18-12-5-4-11(8-12)16(20)21)10-6-7-17-14(9-10)22-13-2-1-3-13/h6-7,9,11-13H,1-5,8H2,(H,18,19)(H,20,21)/t11-,12+/m1/s1. The smallest absolute Gasteiger partial charge is 0.306 e. The van der Waals surface area contributed by atoms with Crippen molar-refractivity contribution in [3.8, 4) is 5.88 Å². The fourth-order valence-electron chi connectivity index (χ4n) is 2.88. The minimum absolute atomic E-state index is 0.0715. The summed E-state index contributed by atoms with van der Waals surface area (Å²) in [7, 11) is 0. The van der Waals surface area contributed by atoms with Gasteiger partial charge in [0.1, 0.15) is 6.10 Å². The summed E-state index contributed by atoms with van der Waals surface area (Å²) >= 11 is 0. The Labute approximate surface area is 128 Å². The molecule has 2 fully saturated rings. The molecule has 2 N–H and O–H groups in total. The summed E-state index contributed by atoms with van der Waals surface area (Å²) in [5, 5.41) is 11.9. The van der Waals surface area contributed by atoms with E-state index in [1.165, 1.54) is 6.42 Å². The zero-order valence-corrected chi connectivity index (χ0v) is 12.3. The number of hydrogen-bond acceptors (Lipinski definition) is 4. The quantitative estimate of drug-likeness (QED) is 0.868. The predicted molar refractivity (Wildman–Crippen MR) is 78.7 cm³/mol. The van der Waals surface area contributed by atoms with Gasteiger partial charge in [-0.05, 0) is 44.6 Å². The van der Waals surface area contributed by atoms with Crippen LogP contribution in [0.2, 0.25) is 0 Å². The molecule has 0 unspecified atom stereocenters. The Morgan fingerprint density at radius 3 is 2.73 bits per heavy atom. The van der Waals surface area contributed by atoms with Gasteiger partial charge in [0, 0.05) is 23.9 Å². The van der Waals surface area contributed by atoms with Gasteiger partial charge in [-0.3, -0.25) is 9.59 Å². The first-order valence-electron chi connectivity index (χ1n) is 7.78. The van der Waals surface area contributed by atoms with Gasteiger partial charge in [-0.2, -0.15) is 0 Å². The molecule has 1 aromatic heterocycles. The maximum absolute atomic E-state index is 12.3. The van der Waals surface area contributed by atoms with Gasteiger partial charge in [0.05, 0.1) is 5.92 Å². The van der Waals surface area contributed by atoms with E-state index in [4.69, 9.17) is 9.84 Å². The van der Waals surface area contributed by atoms with E-state index in [1.807, 2.05) is 0 Å². The van der Waals surface area contributed by atoms with Gasteiger partial charge in [0.25, 0.3) is 5.91 Å². The molecule has 0 saturated heterocycles. The zero-order chi connectivity index (χ0) is 15.5. The van der Waals surface area contributed by atoms with Crippen molar-refractivity contribution in [3.63, 3.8) is 0 Å². The van der Waals surface area contributed by atoms with E-state index in [2.05, 4.69) is 10.3 Å². The number of nitrogens with zero attached hydrogens (tertiary/aromatic N) is 1. The van der Waals surface area contributed by atoms with Crippen molar-refractivity contribution >= 4 is 11.9 Å². The first-order chi connectivity index (χ1) is 10.6. The van der Waals surface area contributed by atoms with Crippen LogP contribution >= 0.6 is 0 Å². The van der Waals surface area contributed by atoms with Gasteiger partial charge in [-0.1, -0.05) is 0 Å². The second-order valence-electron chi connectivity index (χ2n) is 6.07. The third kappa shape index (κ3) is 3.37. The predicted octanol–water partition coefficient (Wildman–Crippen LogP) is 2.00. The van der Waals surface area contributed by atoms with Crippen molar-refractivity contribution in [3.05, 3.63) is 23.9 Å². The molecule has 0 radical (unpaired) electrons. The molecule has 2 atom stereocenters. The number of aliphatic carboxylic acids is 1. The number of carbonyl (C=O) groups is 2. The highest BCUT2D eigenvalue weighted by molar-refractivity contribution is 5.94. The molecule has 1 aromatic rings. The van der Waals surface area contributed by atoms with E-state index >= 15 is 0 Å². The summed E-state index contributed by atoms with van der Waals surface area (Å²) in [4.78, 5) is 27.3. The van der Waals surface area contributed by atoms with Gasteiger partial charge in [-0.15, -0.1) is 0 Å². The first kappa shape index (κ1) is 14.8. The third-order valence-electron chi connectivity index (χ3n) is 4.45. The molecule has 2 aliphatic carbocycles. The summed E-state index contributed by atoms with van der Waals surface area (Å²) in [5.74, 6) is -0.846. The van der Waals surface area contributed by atoms with Crippen molar-refractivity contribution in [1.29, 1.82) is 0 Å². The average Bonchev–Trinajstić information content (AvgIpc) is 2.92. The fraction of sp³-hybridized carbons (Fsp3) is 0.562. The van der Waals surface area contributed by atoms with Crippen molar-refractivity contribution in [2.45, 2.75) is 50.7 Å². The summed E-state index contributed by atoms with van der Waals surface area (Å²) in [6.07, 6.45) is 6.86. The SMILES string of the molecule is O=C(N[C@H]1CC[C@@H](C(=O)O)C1)c1ccnc(OC2CCC2)c1. The van der Waals surface area contributed by atoms with Gasteiger partial charge in [0.15, 0.2) is 0 Å². The number of carbonyl (C=O) groups excluding carboxylic acids is 1. The number of rotatable bonds is 5. The number of ether oxygens (including phenoxy) is 1. The molecule has 118 valence electrons. The monoisotopic (exact) mass is 304 g/mol. The van der Waals surface area contributed by atoms with Crippen LogP contribution in [0.15, 0.2) is 18.3 Å². The summed E-state index contributed by atoms with van der Waals surface area (Å²) in [5.41, 5.74) is 0.503. The van der Waals surface area contributed by atoms with Crippen molar-refractivity contribution in [2.75, 3.05) is 0 Å². The number of hydrogen-bond donors (Lipinski definition) is 2.